The van der Waals surface area contributed by atoms with Crippen molar-refractivity contribution < 1.29 is 4.39 Å². The van der Waals surface area contributed by atoms with Gasteiger partial charge in [0.1, 0.15) is 5.82 Å². The standard InChI is InChI=1S/C18H27ClFN/c1-3-11-21-18(14-7-5-13(4-2)6-8-14)16-12-15(19)9-10-17(16)20/h9-10,12-14,18,21H,3-8,11H2,1-2H3. The van der Waals surface area contributed by atoms with Gasteiger partial charge >= 0.3 is 0 Å². The van der Waals surface area contributed by atoms with E-state index >= 15 is 0 Å². The predicted molar refractivity (Wildman–Crippen MR) is 88.2 cm³/mol. The van der Waals surface area contributed by atoms with Crippen LogP contribution in [0, 0.1) is 17.7 Å². The summed E-state index contributed by atoms with van der Waals surface area (Å²) in [7, 11) is 0. The summed E-state index contributed by atoms with van der Waals surface area (Å²) < 4.78 is 14.2. The second-order valence-corrected chi connectivity index (χ2v) is 6.72. The minimum absolute atomic E-state index is 0.0986. The van der Waals surface area contributed by atoms with Crippen molar-refractivity contribution in [3.8, 4) is 0 Å². The molecule has 118 valence electrons. The van der Waals surface area contributed by atoms with Gasteiger partial charge in [-0.05, 0) is 55.8 Å². The average Bonchev–Trinajstić information content (AvgIpc) is 2.51. The van der Waals surface area contributed by atoms with Gasteiger partial charge in [-0.25, -0.2) is 4.39 Å². The van der Waals surface area contributed by atoms with Crippen molar-refractivity contribution >= 4 is 11.6 Å². The summed E-state index contributed by atoms with van der Waals surface area (Å²) >= 11 is 6.09. The van der Waals surface area contributed by atoms with Crippen molar-refractivity contribution in [3.05, 3.63) is 34.6 Å². The lowest BCUT2D eigenvalue weighted by Gasteiger charge is -2.34. The Morgan fingerprint density at radius 2 is 1.95 bits per heavy atom. The van der Waals surface area contributed by atoms with E-state index in [1.807, 2.05) is 0 Å². The van der Waals surface area contributed by atoms with Crippen molar-refractivity contribution in [3.63, 3.8) is 0 Å². The average molecular weight is 312 g/mol. The number of hydrogen-bond donors (Lipinski definition) is 1. The monoisotopic (exact) mass is 311 g/mol. The number of rotatable bonds is 6. The largest absolute Gasteiger partial charge is 0.310 e. The van der Waals surface area contributed by atoms with Crippen LogP contribution in [0.25, 0.3) is 0 Å². The summed E-state index contributed by atoms with van der Waals surface area (Å²) in [6.45, 7) is 5.34. The lowest BCUT2D eigenvalue weighted by atomic mass is 9.76. The third kappa shape index (κ3) is 4.43. The highest BCUT2D eigenvalue weighted by Gasteiger charge is 2.29. The van der Waals surface area contributed by atoms with E-state index < -0.39 is 0 Å². The maximum atomic E-state index is 14.2. The molecule has 2 rings (SSSR count). The first-order valence-electron chi connectivity index (χ1n) is 8.34. The highest BCUT2D eigenvalue weighted by Crippen LogP contribution is 2.39. The van der Waals surface area contributed by atoms with Crippen LogP contribution in [0.4, 0.5) is 4.39 Å². The highest BCUT2D eigenvalue weighted by atomic mass is 35.5. The van der Waals surface area contributed by atoms with Gasteiger partial charge < -0.3 is 5.32 Å². The van der Waals surface area contributed by atoms with Crippen molar-refractivity contribution in [1.29, 1.82) is 0 Å². The zero-order chi connectivity index (χ0) is 15.2. The molecule has 3 heteroatoms. The molecule has 1 fully saturated rings. The van der Waals surface area contributed by atoms with E-state index in [0.29, 0.717) is 10.9 Å². The zero-order valence-electron chi connectivity index (χ0n) is 13.2. The molecule has 1 aromatic rings. The van der Waals surface area contributed by atoms with Crippen LogP contribution >= 0.6 is 11.6 Å². The Morgan fingerprint density at radius 3 is 2.57 bits per heavy atom. The van der Waals surface area contributed by atoms with Crippen LogP contribution in [0.1, 0.15) is 64.0 Å². The van der Waals surface area contributed by atoms with E-state index in [1.165, 1.54) is 38.2 Å². The van der Waals surface area contributed by atoms with Crippen LogP contribution < -0.4 is 5.32 Å². The maximum absolute atomic E-state index is 14.2. The van der Waals surface area contributed by atoms with E-state index in [0.717, 1.165) is 24.4 Å². The Morgan fingerprint density at radius 1 is 1.24 bits per heavy atom. The Labute approximate surface area is 133 Å². The van der Waals surface area contributed by atoms with E-state index in [1.54, 1.807) is 12.1 Å². The van der Waals surface area contributed by atoms with Gasteiger partial charge in [-0.3, -0.25) is 0 Å². The normalized spacial score (nSPS) is 24.0. The predicted octanol–water partition coefficient (Wildman–Crippen LogP) is 5.74. The number of hydrogen-bond acceptors (Lipinski definition) is 1. The summed E-state index contributed by atoms with van der Waals surface area (Å²) in [6, 6.07) is 5.03. The van der Waals surface area contributed by atoms with Crippen LogP contribution in [0.2, 0.25) is 5.02 Å². The van der Waals surface area contributed by atoms with Gasteiger partial charge in [0.05, 0.1) is 0 Å². The molecule has 0 amide bonds. The minimum atomic E-state index is -0.134. The molecule has 21 heavy (non-hydrogen) atoms. The third-order valence-corrected chi connectivity index (χ3v) is 5.08. The van der Waals surface area contributed by atoms with Crippen LogP contribution in [0.3, 0.4) is 0 Å². The molecule has 0 spiro atoms. The van der Waals surface area contributed by atoms with Crippen molar-refractivity contribution in [1.82, 2.24) is 5.32 Å². The van der Waals surface area contributed by atoms with Crippen LogP contribution in [-0.2, 0) is 0 Å². The fraction of sp³-hybridized carbons (Fsp3) is 0.667. The molecule has 0 saturated heterocycles. The molecule has 1 nitrogen and oxygen atoms in total. The first kappa shape index (κ1) is 16.8. The van der Waals surface area contributed by atoms with E-state index in [-0.39, 0.29) is 11.9 Å². The molecule has 0 aliphatic heterocycles. The molecule has 1 aliphatic carbocycles. The molecule has 1 unspecified atom stereocenters. The Bertz CT molecular complexity index is 441. The summed E-state index contributed by atoms with van der Waals surface area (Å²) in [6.07, 6.45) is 7.24. The number of benzene rings is 1. The van der Waals surface area contributed by atoms with E-state index in [9.17, 15) is 4.39 Å². The quantitative estimate of drug-likeness (QED) is 0.706. The number of halogens is 2. The minimum Gasteiger partial charge on any atom is -0.310 e. The summed E-state index contributed by atoms with van der Waals surface area (Å²) in [5.41, 5.74) is 0.746. The first-order valence-corrected chi connectivity index (χ1v) is 8.71. The third-order valence-electron chi connectivity index (χ3n) is 4.85. The molecule has 0 radical (unpaired) electrons. The Kier molecular flexibility index (Phi) is 6.50. The molecule has 1 N–H and O–H groups in total. The summed E-state index contributed by atoms with van der Waals surface area (Å²) in [4.78, 5) is 0. The molecule has 1 aromatic carbocycles. The lowest BCUT2D eigenvalue weighted by molar-refractivity contribution is 0.216. The SMILES string of the molecule is CCCNC(c1cc(Cl)ccc1F)C1CCC(CC)CC1. The molecule has 0 heterocycles. The molecule has 1 atom stereocenters. The second-order valence-electron chi connectivity index (χ2n) is 6.29. The van der Waals surface area contributed by atoms with Crippen molar-refractivity contribution in [2.75, 3.05) is 6.54 Å². The van der Waals surface area contributed by atoms with Gasteiger partial charge in [-0.2, -0.15) is 0 Å². The van der Waals surface area contributed by atoms with Crippen LogP contribution in [-0.4, -0.2) is 6.54 Å². The molecular formula is C18H27ClFN. The zero-order valence-corrected chi connectivity index (χ0v) is 13.9. The Hall–Kier alpha value is -0.600. The van der Waals surface area contributed by atoms with Crippen LogP contribution in [0.5, 0.6) is 0 Å². The van der Waals surface area contributed by atoms with Gasteiger partial charge in [0.25, 0.3) is 0 Å². The van der Waals surface area contributed by atoms with E-state index in [2.05, 4.69) is 19.2 Å². The fourth-order valence-electron chi connectivity index (χ4n) is 3.51. The van der Waals surface area contributed by atoms with Crippen LogP contribution in [0.15, 0.2) is 18.2 Å². The van der Waals surface area contributed by atoms with Gasteiger partial charge in [0.2, 0.25) is 0 Å². The lowest BCUT2D eigenvalue weighted by Crippen LogP contribution is -2.32. The number of nitrogens with one attached hydrogen (secondary N) is 1. The van der Waals surface area contributed by atoms with Gasteiger partial charge in [0.15, 0.2) is 0 Å². The summed E-state index contributed by atoms with van der Waals surface area (Å²) in [5, 5.41) is 4.18. The van der Waals surface area contributed by atoms with Crippen molar-refractivity contribution in [2.24, 2.45) is 11.8 Å². The van der Waals surface area contributed by atoms with Gasteiger partial charge in [-0.15, -0.1) is 0 Å². The fourth-order valence-corrected chi connectivity index (χ4v) is 3.69. The molecule has 0 aromatic heterocycles. The Balaban J connectivity index is 2.16. The van der Waals surface area contributed by atoms with E-state index in [4.69, 9.17) is 11.6 Å². The molecular weight excluding hydrogens is 285 g/mol. The van der Waals surface area contributed by atoms with Crippen molar-refractivity contribution in [2.45, 2.75) is 58.4 Å². The first-order chi connectivity index (χ1) is 10.2. The second kappa shape index (κ2) is 8.14. The highest BCUT2D eigenvalue weighted by molar-refractivity contribution is 6.30. The molecule has 1 aliphatic rings. The smallest absolute Gasteiger partial charge is 0.128 e. The topological polar surface area (TPSA) is 12.0 Å². The summed E-state index contributed by atoms with van der Waals surface area (Å²) in [5.74, 6) is 1.25. The molecule has 0 bridgehead atoms. The maximum Gasteiger partial charge on any atom is 0.128 e. The van der Waals surface area contributed by atoms with Gasteiger partial charge in [-0.1, -0.05) is 44.7 Å². The van der Waals surface area contributed by atoms with Gasteiger partial charge in [0, 0.05) is 16.6 Å². The molecule has 1 saturated carbocycles.